The first kappa shape index (κ1) is 16.4. The number of sulfonamides is 1. The van der Waals surface area contributed by atoms with Crippen molar-refractivity contribution in [2.75, 3.05) is 25.9 Å². The highest BCUT2D eigenvalue weighted by Crippen LogP contribution is 2.36. The van der Waals surface area contributed by atoms with E-state index in [0.29, 0.717) is 39.0 Å². The number of fused-ring (bicyclic) bond motifs is 1. The van der Waals surface area contributed by atoms with E-state index in [1.165, 1.54) is 10.6 Å². The van der Waals surface area contributed by atoms with E-state index in [-0.39, 0.29) is 5.91 Å². The van der Waals surface area contributed by atoms with Crippen molar-refractivity contribution < 1.29 is 18.3 Å². The van der Waals surface area contributed by atoms with Crippen molar-refractivity contribution >= 4 is 16.3 Å². The zero-order valence-corrected chi connectivity index (χ0v) is 14.3. The van der Waals surface area contributed by atoms with Gasteiger partial charge in [-0.05, 0) is 6.07 Å². The van der Waals surface area contributed by atoms with Gasteiger partial charge in [-0.15, -0.1) is 4.31 Å². The molecule has 1 amide bonds. The van der Waals surface area contributed by atoms with Crippen LogP contribution in [0.2, 0.25) is 0 Å². The topological polar surface area (TPSA) is 72.9 Å². The molecule has 1 spiro atoms. The lowest BCUT2D eigenvalue weighted by Gasteiger charge is -2.42. The molecule has 0 saturated carbocycles. The Morgan fingerprint density at radius 1 is 1.30 bits per heavy atom. The maximum absolute atomic E-state index is 12.0. The first-order valence-electron chi connectivity index (χ1n) is 7.77. The summed E-state index contributed by atoms with van der Waals surface area (Å²) < 4.78 is 31.2. The number of ether oxygens (including phenoxy) is 1. The Labute approximate surface area is 137 Å². The van der Waals surface area contributed by atoms with Crippen LogP contribution < -0.4 is 4.74 Å². The summed E-state index contributed by atoms with van der Waals surface area (Å²) in [5, 5.41) is 0. The Morgan fingerprint density at radius 3 is 2.57 bits per heavy atom. The summed E-state index contributed by atoms with van der Waals surface area (Å²) in [6.07, 6.45) is 2.40. The van der Waals surface area contributed by atoms with Crippen molar-refractivity contribution in [1.82, 2.24) is 9.21 Å². The standard InChI is InChI=1S/C16H22N2O4S/c1-13(19)17-11-14-5-3-4-6-15(14)22-16(12-17)7-9-18(10-8-16)23(2,20)21/h3-6H,7-12H2,1-2H3. The summed E-state index contributed by atoms with van der Waals surface area (Å²) in [7, 11) is -3.18. The number of hydrogen-bond acceptors (Lipinski definition) is 4. The number of carbonyl (C=O) groups is 1. The third-order valence-corrected chi connectivity index (χ3v) is 5.99. The van der Waals surface area contributed by atoms with Crippen molar-refractivity contribution in [2.45, 2.75) is 31.9 Å². The van der Waals surface area contributed by atoms with Crippen LogP contribution in [0.3, 0.4) is 0 Å². The van der Waals surface area contributed by atoms with Crippen LogP contribution in [0.4, 0.5) is 0 Å². The molecule has 126 valence electrons. The third-order valence-electron chi connectivity index (χ3n) is 4.69. The molecule has 0 bridgehead atoms. The minimum atomic E-state index is -3.18. The Hall–Kier alpha value is -1.44. The molecule has 0 radical (unpaired) electrons. The third kappa shape index (κ3) is 3.41. The van der Waals surface area contributed by atoms with Crippen molar-refractivity contribution in [2.24, 2.45) is 0 Å². The van der Waals surface area contributed by atoms with Gasteiger partial charge in [-0.2, -0.15) is 0 Å². The van der Waals surface area contributed by atoms with Gasteiger partial charge in [0.05, 0.1) is 6.54 Å². The Morgan fingerprint density at radius 2 is 1.96 bits per heavy atom. The minimum Gasteiger partial charge on any atom is -0.598 e. The highest BCUT2D eigenvalue weighted by atomic mass is 32.3. The van der Waals surface area contributed by atoms with E-state index in [4.69, 9.17) is 4.74 Å². The Kier molecular flexibility index (Phi) is 4.20. The van der Waals surface area contributed by atoms with Gasteiger partial charge >= 0.3 is 0 Å². The van der Waals surface area contributed by atoms with Gasteiger partial charge in [-0.1, -0.05) is 22.4 Å². The van der Waals surface area contributed by atoms with E-state index in [9.17, 15) is 13.6 Å². The van der Waals surface area contributed by atoms with Crippen LogP contribution in [0.5, 0.6) is 5.75 Å². The number of benzene rings is 1. The average Bonchev–Trinajstić information content (AvgIpc) is 2.63. The van der Waals surface area contributed by atoms with Gasteiger partial charge in [0, 0.05) is 45.0 Å². The zero-order chi connectivity index (χ0) is 16.7. The highest BCUT2D eigenvalue weighted by molar-refractivity contribution is 7.94. The first-order valence-corrected chi connectivity index (χ1v) is 9.61. The molecule has 7 heteroatoms. The SMILES string of the molecule is CC(=O)N1Cc2ccccc2OC2(CCN([S+](C)(=O)[O-])CC2)C1. The summed E-state index contributed by atoms with van der Waals surface area (Å²) >= 11 is 0. The highest BCUT2D eigenvalue weighted by Gasteiger charge is 2.44. The van der Waals surface area contributed by atoms with E-state index in [1.54, 1.807) is 11.8 Å². The number of carbonyl (C=O) groups excluding carboxylic acids is 1. The molecule has 0 N–H and O–H groups in total. The predicted molar refractivity (Wildman–Crippen MR) is 86.5 cm³/mol. The maximum atomic E-state index is 12.0. The molecule has 2 aliphatic heterocycles. The first-order chi connectivity index (χ1) is 10.8. The molecule has 23 heavy (non-hydrogen) atoms. The second kappa shape index (κ2) is 5.89. The lowest BCUT2D eigenvalue weighted by Crippen LogP contribution is -2.55. The maximum Gasteiger partial charge on any atom is 0.219 e. The van der Waals surface area contributed by atoms with E-state index >= 15 is 0 Å². The molecule has 6 nitrogen and oxygen atoms in total. The second-order valence-corrected chi connectivity index (χ2v) is 8.41. The summed E-state index contributed by atoms with van der Waals surface area (Å²) in [6, 6.07) is 7.74. The van der Waals surface area contributed by atoms with Crippen LogP contribution in [0.25, 0.3) is 0 Å². The van der Waals surface area contributed by atoms with Crippen molar-refractivity contribution in [1.29, 1.82) is 0 Å². The fourth-order valence-corrected chi connectivity index (χ4v) is 4.16. The normalized spacial score (nSPS) is 23.5. The van der Waals surface area contributed by atoms with Gasteiger partial charge < -0.3 is 14.2 Å². The zero-order valence-electron chi connectivity index (χ0n) is 13.5. The van der Waals surface area contributed by atoms with Crippen molar-refractivity contribution in [3.05, 3.63) is 29.8 Å². The van der Waals surface area contributed by atoms with Gasteiger partial charge in [0.2, 0.25) is 5.91 Å². The molecule has 1 aromatic carbocycles. The van der Waals surface area contributed by atoms with Gasteiger partial charge in [0.15, 0.2) is 0 Å². The molecule has 2 aliphatic rings. The summed E-state index contributed by atoms with van der Waals surface area (Å²) in [5.41, 5.74) is 0.476. The smallest absolute Gasteiger partial charge is 0.219 e. The number of rotatable bonds is 1. The second-order valence-electron chi connectivity index (χ2n) is 6.43. The monoisotopic (exact) mass is 338 g/mol. The van der Waals surface area contributed by atoms with Crippen LogP contribution in [0.1, 0.15) is 25.3 Å². The van der Waals surface area contributed by atoms with Crippen LogP contribution in [0, 0.1) is 0 Å². The number of nitrogens with zero attached hydrogens (tertiary/aromatic N) is 2. The van der Waals surface area contributed by atoms with Gasteiger partial charge in [0.1, 0.15) is 28.0 Å². The summed E-state index contributed by atoms with van der Waals surface area (Å²) in [4.78, 5) is 13.8. The number of piperidine rings is 1. The van der Waals surface area contributed by atoms with E-state index in [2.05, 4.69) is 0 Å². The van der Waals surface area contributed by atoms with Crippen LogP contribution in [-0.2, 0) is 25.9 Å². The molecular formula is C16H22N2O4S. The van der Waals surface area contributed by atoms with Crippen LogP contribution in [-0.4, -0.2) is 51.2 Å². The Balaban J connectivity index is 1.87. The fraction of sp³-hybridized carbons (Fsp3) is 0.562. The number of para-hydroxylation sites is 1. The molecule has 0 aliphatic carbocycles. The number of hydrogen-bond donors (Lipinski definition) is 0. The van der Waals surface area contributed by atoms with Gasteiger partial charge in [-0.3, -0.25) is 4.79 Å². The summed E-state index contributed by atoms with van der Waals surface area (Å²) in [6.45, 7) is 3.43. The van der Waals surface area contributed by atoms with Crippen LogP contribution in [0.15, 0.2) is 24.3 Å². The predicted octanol–water partition coefficient (Wildman–Crippen LogP) is 1.44. The molecule has 1 saturated heterocycles. The van der Waals surface area contributed by atoms with Crippen molar-refractivity contribution in [3.8, 4) is 5.75 Å². The fourth-order valence-electron chi connectivity index (χ4n) is 3.32. The van der Waals surface area contributed by atoms with Gasteiger partial charge in [-0.25, -0.2) is 0 Å². The molecule has 1 unspecified atom stereocenters. The largest absolute Gasteiger partial charge is 0.598 e. The van der Waals surface area contributed by atoms with Crippen molar-refractivity contribution in [3.63, 3.8) is 0 Å². The summed E-state index contributed by atoms with van der Waals surface area (Å²) in [5.74, 6) is 0.805. The molecule has 2 heterocycles. The van der Waals surface area contributed by atoms with E-state index in [0.717, 1.165) is 11.3 Å². The van der Waals surface area contributed by atoms with Gasteiger partial charge in [0.25, 0.3) is 0 Å². The van der Waals surface area contributed by atoms with Crippen LogP contribution >= 0.6 is 0 Å². The Bertz CT molecular complexity index is 649. The molecule has 1 fully saturated rings. The quantitative estimate of drug-likeness (QED) is 0.726. The van der Waals surface area contributed by atoms with E-state index < -0.39 is 16.0 Å². The minimum absolute atomic E-state index is 0.00946. The number of amides is 1. The average molecular weight is 338 g/mol. The molecular weight excluding hydrogens is 316 g/mol. The molecule has 3 rings (SSSR count). The lowest BCUT2D eigenvalue weighted by molar-refractivity contribution is -0.132. The molecule has 1 atom stereocenters. The molecule has 1 aromatic rings. The lowest BCUT2D eigenvalue weighted by atomic mass is 9.91. The molecule has 0 aromatic heterocycles. The van der Waals surface area contributed by atoms with E-state index in [1.807, 2.05) is 24.3 Å².